The highest BCUT2D eigenvalue weighted by molar-refractivity contribution is 7.80. The first-order valence-electron chi connectivity index (χ1n) is 3.71. The molecule has 0 aliphatic carbocycles. The van der Waals surface area contributed by atoms with E-state index in [1.807, 2.05) is 6.07 Å². The van der Waals surface area contributed by atoms with Gasteiger partial charge in [0.05, 0.1) is 17.7 Å². The summed E-state index contributed by atoms with van der Waals surface area (Å²) in [6.45, 7) is -0.487. The van der Waals surface area contributed by atoms with Crippen LogP contribution in [-0.4, -0.2) is 16.2 Å². The van der Waals surface area contributed by atoms with Crippen molar-refractivity contribution >= 4 is 18.6 Å². The Bertz CT molecular complexity index is 423. The van der Waals surface area contributed by atoms with Gasteiger partial charge in [-0.3, -0.25) is 0 Å². The minimum absolute atomic E-state index is 0.0677. The highest BCUT2D eigenvalue weighted by Gasteiger charge is 2.15. The summed E-state index contributed by atoms with van der Waals surface area (Å²) in [5.41, 5.74) is 0.144. The lowest BCUT2D eigenvalue weighted by atomic mass is 10.0. The molecule has 1 aromatic rings. The van der Waals surface area contributed by atoms with Crippen molar-refractivity contribution in [2.24, 2.45) is 0 Å². The number of carboxylic acids is 1. The van der Waals surface area contributed by atoms with E-state index < -0.39 is 12.6 Å². The lowest BCUT2D eigenvalue weighted by Crippen LogP contribution is -2.05. The Morgan fingerprint density at radius 2 is 2.21 bits per heavy atom. The molecule has 0 atom stereocenters. The molecule has 2 N–H and O–H groups in total. The van der Waals surface area contributed by atoms with Crippen molar-refractivity contribution < 1.29 is 15.0 Å². The molecule has 4 nitrogen and oxygen atoms in total. The van der Waals surface area contributed by atoms with Crippen LogP contribution in [0.1, 0.15) is 21.5 Å². The summed E-state index contributed by atoms with van der Waals surface area (Å²) in [5, 5.41) is 26.5. The monoisotopic (exact) mass is 209 g/mol. The van der Waals surface area contributed by atoms with Gasteiger partial charge >= 0.3 is 5.97 Å². The third-order valence-corrected chi connectivity index (χ3v) is 2.16. The van der Waals surface area contributed by atoms with E-state index in [0.29, 0.717) is 4.90 Å². The number of aliphatic hydroxyl groups is 1. The standard InChI is InChI=1S/C9H7NO3S/c10-3-6-7(4-11)5(9(12)13)1-2-8(6)14/h1-2,11,14H,4H2,(H,12,13). The van der Waals surface area contributed by atoms with Crippen molar-refractivity contribution in [1.82, 2.24) is 0 Å². The number of carbonyl (C=O) groups is 1. The van der Waals surface area contributed by atoms with Crippen molar-refractivity contribution in [1.29, 1.82) is 5.26 Å². The first-order chi connectivity index (χ1) is 6.61. The van der Waals surface area contributed by atoms with Gasteiger partial charge in [0.2, 0.25) is 0 Å². The number of rotatable bonds is 2. The molecule has 0 bridgehead atoms. The molecule has 5 heteroatoms. The van der Waals surface area contributed by atoms with E-state index in [9.17, 15) is 4.79 Å². The fourth-order valence-corrected chi connectivity index (χ4v) is 1.38. The van der Waals surface area contributed by atoms with E-state index in [1.165, 1.54) is 12.1 Å². The van der Waals surface area contributed by atoms with Gasteiger partial charge < -0.3 is 10.2 Å². The lowest BCUT2D eigenvalue weighted by Gasteiger charge is -2.06. The van der Waals surface area contributed by atoms with Crippen LogP contribution in [0.15, 0.2) is 17.0 Å². The highest BCUT2D eigenvalue weighted by Crippen LogP contribution is 2.21. The van der Waals surface area contributed by atoms with E-state index in [-0.39, 0.29) is 16.7 Å². The average Bonchev–Trinajstić information content (AvgIpc) is 2.16. The number of hydrogen-bond donors (Lipinski definition) is 3. The Hall–Kier alpha value is -1.51. The molecular weight excluding hydrogens is 202 g/mol. The highest BCUT2D eigenvalue weighted by atomic mass is 32.1. The fourth-order valence-electron chi connectivity index (χ4n) is 1.12. The van der Waals surface area contributed by atoms with Crippen molar-refractivity contribution in [3.63, 3.8) is 0 Å². The van der Waals surface area contributed by atoms with Gasteiger partial charge in [0.15, 0.2) is 0 Å². The van der Waals surface area contributed by atoms with Crippen LogP contribution in [0.2, 0.25) is 0 Å². The minimum Gasteiger partial charge on any atom is -0.478 e. The van der Waals surface area contributed by atoms with Crippen LogP contribution in [0.4, 0.5) is 0 Å². The van der Waals surface area contributed by atoms with E-state index in [0.717, 1.165) is 0 Å². The van der Waals surface area contributed by atoms with Gasteiger partial charge in [-0.2, -0.15) is 5.26 Å². The normalized spacial score (nSPS) is 9.50. The average molecular weight is 209 g/mol. The number of aromatic carboxylic acids is 1. The van der Waals surface area contributed by atoms with Crippen LogP contribution in [0.25, 0.3) is 0 Å². The zero-order chi connectivity index (χ0) is 10.7. The van der Waals surface area contributed by atoms with Crippen LogP contribution in [0, 0.1) is 11.3 Å². The Balaban J connectivity index is 3.50. The summed E-state index contributed by atoms with van der Waals surface area (Å²) >= 11 is 3.99. The lowest BCUT2D eigenvalue weighted by molar-refractivity contribution is 0.0693. The van der Waals surface area contributed by atoms with Crippen LogP contribution in [-0.2, 0) is 6.61 Å². The van der Waals surface area contributed by atoms with Gasteiger partial charge in [-0.1, -0.05) is 0 Å². The number of carboxylic acid groups (broad SMARTS) is 1. The van der Waals surface area contributed by atoms with Crippen molar-refractivity contribution in [3.05, 3.63) is 28.8 Å². The van der Waals surface area contributed by atoms with Crippen LogP contribution >= 0.6 is 12.6 Å². The summed E-state index contributed by atoms with van der Waals surface area (Å²) in [7, 11) is 0. The van der Waals surface area contributed by atoms with Crippen molar-refractivity contribution in [2.75, 3.05) is 0 Å². The third-order valence-electron chi connectivity index (χ3n) is 1.79. The topological polar surface area (TPSA) is 81.3 Å². The Kier molecular flexibility index (Phi) is 3.12. The molecule has 0 aliphatic rings. The van der Waals surface area contributed by atoms with Crippen molar-refractivity contribution in [3.8, 4) is 6.07 Å². The Morgan fingerprint density at radius 3 is 2.64 bits per heavy atom. The molecule has 1 aromatic carbocycles. The largest absolute Gasteiger partial charge is 0.478 e. The molecule has 0 saturated carbocycles. The quantitative estimate of drug-likeness (QED) is 0.635. The molecule has 0 radical (unpaired) electrons. The number of thiol groups is 1. The second-order valence-corrected chi connectivity index (χ2v) is 3.04. The first kappa shape index (κ1) is 10.6. The fraction of sp³-hybridized carbons (Fsp3) is 0.111. The third kappa shape index (κ3) is 1.71. The molecule has 0 aliphatic heterocycles. The molecule has 72 valence electrons. The van der Waals surface area contributed by atoms with Crippen molar-refractivity contribution in [2.45, 2.75) is 11.5 Å². The zero-order valence-corrected chi connectivity index (χ0v) is 7.95. The predicted molar refractivity (Wildman–Crippen MR) is 51.3 cm³/mol. The van der Waals surface area contributed by atoms with Gasteiger partial charge in [0.25, 0.3) is 0 Å². The molecule has 0 amide bonds. The Labute approximate surface area is 85.8 Å². The van der Waals surface area contributed by atoms with E-state index in [2.05, 4.69) is 12.6 Å². The smallest absolute Gasteiger partial charge is 0.336 e. The second-order valence-electron chi connectivity index (χ2n) is 2.56. The second kappa shape index (κ2) is 4.13. The first-order valence-corrected chi connectivity index (χ1v) is 4.15. The van der Waals surface area contributed by atoms with Gasteiger partial charge in [-0.05, 0) is 12.1 Å². The van der Waals surface area contributed by atoms with Gasteiger partial charge in [-0.25, -0.2) is 4.79 Å². The van der Waals surface area contributed by atoms with Gasteiger partial charge in [0.1, 0.15) is 6.07 Å². The van der Waals surface area contributed by atoms with Crippen LogP contribution in [0.3, 0.4) is 0 Å². The number of benzene rings is 1. The number of hydrogen-bond acceptors (Lipinski definition) is 4. The molecule has 0 fully saturated rings. The van der Waals surface area contributed by atoms with E-state index >= 15 is 0 Å². The summed E-state index contributed by atoms with van der Waals surface area (Å²) in [5.74, 6) is -1.17. The van der Waals surface area contributed by atoms with E-state index in [4.69, 9.17) is 15.5 Å². The molecule has 0 unspecified atom stereocenters. The molecule has 14 heavy (non-hydrogen) atoms. The van der Waals surface area contributed by atoms with Crippen LogP contribution in [0.5, 0.6) is 0 Å². The van der Waals surface area contributed by atoms with Crippen LogP contribution < -0.4 is 0 Å². The van der Waals surface area contributed by atoms with Gasteiger partial charge in [-0.15, -0.1) is 12.6 Å². The summed E-state index contributed by atoms with van der Waals surface area (Å²) in [6, 6.07) is 4.55. The Morgan fingerprint density at radius 1 is 1.57 bits per heavy atom. The molecular formula is C9H7NO3S. The molecule has 0 heterocycles. The molecule has 1 rings (SSSR count). The summed E-state index contributed by atoms with van der Waals surface area (Å²) < 4.78 is 0. The number of nitriles is 1. The SMILES string of the molecule is N#Cc1c(S)ccc(C(=O)O)c1CO. The maximum absolute atomic E-state index is 10.7. The molecule has 0 aromatic heterocycles. The van der Waals surface area contributed by atoms with E-state index in [1.54, 1.807) is 0 Å². The summed E-state index contributed by atoms with van der Waals surface area (Å²) in [4.78, 5) is 11.1. The summed E-state index contributed by atoms with van der Waals surface area (Å²) in [6.07, 6.45) is 0. The maximum atomic E-state index is 10.7. The maximum Gasteiger partial charge on any atom is 0.336 e. The predicted octanol–water partition coefficient (Wildman–Crippen LogP) is 1.04. The molecule has 0 saturated heterocycles. The minimum atomic E-state index is -1.17. The molecule has 0 spiro atoms. The van der Waals surface area contributed by atoms with Gasteiger partial charge in [0, 0.05) is 10.5 Å². The number of aliphatic hydroxyl groups excluding tert-OH is 1. The zero-order valence-electron chi connectivity index (χ0n) is 7.06. The number of nitrogens with zero attached hydrogens (tertiary/aromatic N) is 1.